The maximum absolute atomic E-state index is 14.1. The Hall–Kier alpha value is -4.34. The summed E-state index contributed by atoms with van der Waals surface area (Å²) >= 11 is 0. The third-order valence-electron chi connectivity index (χ3n) is 9.47. The van der Waals surface area contributed by atoms with Gasteiger partial charge >= 0.3 is 30.4 Å². The van der Waals surface area contributed by atoms with Gasteiger partial charge in [-0.05, 0) is 43.6 Å². The molecule has 240 valence electrons. The van der Waals surface area contributed by atoms with Crippen molar-refractivity contribution < 1.29 is 40.7 Å². The Labute approximate surface area is 253 Å². The van der Waals surface area contributed by atoms with Crippen LogP contribution in [-0.2, 0) is 21.4 Å². The first kappa shape index (κ1) is 32.1. The zero-order valence-electron chi connectivity index (χ0n) is 24.6. The van der Waals surface area contributed by atoms with Crippen molar-refractivity contribution in [2.45, 2.75) is 70.4 Å². The van der Waals surface area contributed by atoms with E-state index in [2.05, 4.69) is 38.3 Å². The lowest BCUT2D eigenvalue weighted by atomic mass is 9.65. The largest absolute Gasteiger partial charge is 0.471 e. The predicted octanol–water partition coefficient (Wildman–Crippen LogP) is 3.52. The number of halogens is 6. The van der Waals surface area contributed by atoms with Gasteiger partial charge in [0, 0.05) is 35.4 Å². The van der Waals surface area contributed by atoms with Crippen molar-refractivity contribution in [3.63, 3.8) is 0 Å². The lowest BCUT2D eigenvalue weighted by molar-refractivity contribution is -0.205. The van der Waals surface area contributed by atoms with E-state index in [0.717, 1.165) is 15.8 Å². The molecule has 1 aliphatic heterocycles. The molecular formula is C29H30F6N7O3+. The smallest absolute Gasteiger partial charge is 0.337 e. The van der Waals surface area contributed by atoms with Crippen LogP contribution >= 0.6 is 0 Å². The molecule has 2 atom stereocenters. The fourth-order valence-electron chi connectivity index (χ4n) is 6.42. The second-order valence-electron chi connectivity index (χ2n) is 12.4. The highest BCUT2D eigenvalue weighted by molar-refractivity contribution is 5.95. The molecule has 2 aliphatic carbocycles. The van der Waals surface area contributed by atoms with Crippen molar-refractivity contribution in [2.75, 3.05) is 13.1 Å². The Bertz CT molecular complexity index is 1670. The first-order valence-electron chi connectivity index (χ1n) is 14.2. The number of likely N-dealkylation sites (tertiary alicyclic amines) is 1. The van der Waals surface area contributed by atoms with E-state index >= 15 is 0 Å². The highest BCUT2D eigenvalue weighted by Crippen LogP contribution is 2.66. The van der Waals surface area contributed by atoms with E-state index in [0.29, 0.717) is 25.0 Å². The van der Waals surface area contributed by atoms with E-state index in [1.807, 2.05) is 13.8 Å². The number of alkyl halides is 6. The standard InChI is InChI=1S/C29H29F6N7O3/c1-25(2)10-15-42(23(44)20(39-24(45)28(30,31)32)26(6-7-26)29(33,34)35)21(27(25)8-9-27)22(43)38-14-13-36-12-5-18-17-4-11-37-16-19(17)41(3)40-18/h4,11,16,20-21H,6-10,14-15H2,1-3H3,(H-,38,39,43,45)/p+1/t20-,21-/m1/s1. The quantitative estimate of drug-likeness (QED) is 0.296. The van der Waals surface area contributed by atoms with Gasteiger partial charge in [-0.3, -0.25) is 24.0 Å². The summed E-state index contributed by atoms with van der Waals surface area (Å²) in [6.45, 7) is 3.30. The Balaban J connectivity index is 1.37. The van der Waals surface area contributed by atoms with Crippen molar-refractivity contribution in [2.24, 2.45) is 23.3 Å². The minimum absolute atomic E-state index is 0.186. The fourth-order valence-corrected chi connectivity index (χ4v) is 6.42. The number of fused-ring (bicyclic) bond motifs is 1. The zero-order chi connectivity index (χ0) is 33.0. The van der Waals surface area contributed by atoms with Gasteiger partial charge < -0.3 is 15.5 Å². The zero-order valence-corrected chi connectivity index (χ0v) is 24.6. The molecule has 10 nitrogen and oxygen atoms in total. The summed E-state index contributed by atoms with van der Waals surface area (Å²) in [5, 5.41) is 8.94. The molecule has 0 bridgehead atoms. The molecule has 0 radical (unpaired) electrons. The van der Waals surface area contributed by atoms with E-state index in [4.69, 9.17) is 0 Å². The summed E-state index contributed by atoms with van der Waals surface area (Å²) in [4.78, 5) is 48.0. The van der Waals surface area contributed by atoms with Gasteiger partial charge in [0.1, 0.15) is 12.1 Å². The molecular weight excluding hydrogens is 608 g/mol. The van der Waals surface area contributed by atoms with Crippen LogP contribution in [0.5, 0.6) is 0 Å². The van der Waals surface area contributed by atoms with Crippen molar-refractivity contribution in [3.8, 4) is 18.0 Å². The summed E-state index contributed by atoms with van der Waals surface area (Å²) in [5.74, 6) is -1.97. The van der Waals surface area contributed by atoms with Crippen molar-refractivity contribution >= 4 is 28.6 Å². The van der Waals surface area contributed by atoms with Gasteiger partial charge in [-0.2, -0.15) is 31.4 Å². The van der Waals surface area contributed by atoms with Gasteiger partial charge in [0.2, 0.25) is 11.8 Å². The van der Waals surface area contributed by atoms with Crippen LogP contribution in [0.3, 0.4) is 0 Å². The van der Waals surface area contributed by atoms with Crippen LogP contribution in [0.1, 0.15) is 51.6 Å². The van der Waals surface area contributed by atoms with Crippen LogP contribution in [0, 0.1) is 34.3 Å². The molecule has 0 aromatic carbocycles. The number of aryl methyl sites for hydroxylation is 1. The molecule has 1 spiro atoms. The minimum atomic E-state index is -5.52. The Morgan fingerprint density at radius 2 is 1.80 bits per heavy atom. The third kappa shape index (κ3) is 5.66. The molecule has 3 amide bonds. The summed E-state index contributed by atoms with van der Waals surface area (Å²) in [6.07, 6.45) is -7.39. The maximum Gasteiger partial charge on any atom is 0.471 e. The molecule has 45 heavy (non-hydrogen) atoms. The fraction of sp³-hybridized carbons (Fsp3) is 0.586. The number of nitrogens with one attached hydrogen (secondary N) is 2. The van der Waals surface area contributed by atoms with Crippen LogP contribution in [0.15, 0.2) is 18.5 Å². The second-order valence-corrected chi connectivity index (χ2v) is 12.4. The second kappa shape index (κ2) is 10.9. The van der Waals surface area contributed by atoms with E-state index in [1.54, 1.807) is 30.2 Å². The molecule has 1 saturated heterocycles. The van der Waals surface area contributed by atoms with E-state index in [1.165, 1.54) is 5.32 Å². The van der Waals surface area contributed by atoms with Crippen LogP contribution in [0.25, 0.3) is 15.7 Å². The number of carbonyl (C=O) groups is 3. The first-order valence-corrected chi connectivity index (χ1v) is 14.2. The molecule has 2 saturated carbocycles. The van der Waals surface area contributed by atoms with Crippen LogP contribution in [0.2, 0.25) is 0 Å². The van der Waals surface area contributed by atoms with Crippen molar-refractivity contribution in [1.29, 1.82) is 0 Å². The molecule has 3 fully saturated rings. The van der Waals surface area contributed by atoms with Gasteiger partial charge in [0.15, 0.2) is 12.2 Å². The summed E-state index contributed by atoms with van der Waals surface area (Å²) < 4.78 is 83.3. The molecule has 2 aromatic rings. The van der Waals surface area contributed by atoms with Gasteiger partial charge in [0.25, 0.3) is 0 Å². The number of pyridine rings is 1. The highest BCUT2D eigenvalue weighted by atomic mass is 19.4. The van der Waals surface area contributed by atoms with Crippen molar-refractivity contribution in [3.05, 3.63) is 29.0 Å². The lowest BCUT2D eigenvalue weighted by Crippen LogP contribution is -2.67. The molecule has 5 rings (SSSR count). The number of carbonyl (C=O) groups excluding carboxylic acids is 3. The Morgan fingerprint density at radius 1 is 1.11 bits per heavy atom. The van der Waals surface area contributed by atoms with Gasteiger partial charge in [0.05, 0.1) is 23.0 Å². The third-order valence-corrected chi connectivity index (χ3v) is 9.47. The number of amides is 3. The molecule has 3 heterocycles. The number of nitrogens with zero attached hydrogens (tertiary/aromatic N) is 5. The van der Waals surface area contributed by atoms with Crippen LogP contribution in [-0.4, -0.2) is 74.9 Å². The van der Waals surface area contributed by atoms with E-state index < -0.39 is 71.2 Å². The molecule has 2 N–H and O–H groups in total. The number of hydrogen-bond donors (Lipinski definition) is 2. The lowest BCUT2D eigenvalue weighted by Gasteiger charge is -2.51. The molecule has 0 unspecified atom stereocenters. The SMILES string of the molecule is Cn1nc(C#C[N+]#CCNC(=O)[C@H]2N(C(=O)[C@@H](NC(=O)C(F)(F)F)C3(C(F)(F)F)CC3)CCC(C)(C)C23CC3)c2ccncc21. The molecule has 3 aliphatic rings. The summed E-state index contributed by atoms with van der Waals surface area (Å²) in [6, 6.07) is 2.99. The number of rotatable bonds is 5. The van der Waals surface area contributed by atoms with Gasteiger partial charge in [-0.1, -0.05) is 13.8 Å². The maximum atomic E-state index is 14.1. The monoisotopic (exact) mass is 638 g/mol. The van der Waals surface area contributed by atoms with Crippen molar-refractivity contribution in [1.82, 2.24) is 30.3 Å². The average molecular weight is 639 g/mol. The first-order chi connectivity index (χ1) is 21.0. The van der Waals surface area contributed by atoms with E-state index in [9.17, 15) is 40.7 Å². The van der Waals surface area contributed by atoms with Crippen LogP contribution in [0.4, 0.5) is 26.3 Å². The van der Waals surface area contributed by atoms with Gasteiger partial charge in [-0.25, -0.2) is 0 Å². The molecule has 2 aromatic heterocycles. The normalized spacial score (nSPS) is 21.5. The number of aromatic nitrogens is 3. The average Bonchev–Trinajstić information content (AvgIpc) is 3.88. The Morgan fingerprint density at radius 3 is 2.40 bits per heavy atom. The summed E-state index contributed by atoms with van der Waals surface area (Å²) in [7, 11) is 1.73. The van der Waals surface area contributed by atoms with Crippen LogP contribution < -0.4 is 10.6 Å². The highest BCUT2D eigenvalue weighted by Gasteiger charge is 2.72. The van der Waals surface area contributed by atoms with E-state index in [-0.39, 0.29) is 13.1 Å². The summed E-state index contributed by atoms with van der Waals surface area (Å²) in [5.41, 5.74) is -2.98. The topological polar surface area (TPSA) is 114 Å². The predicted molar refractivity (Wildman–Crippen MR) is 147 cm³/mol. The Kier molecular flexibility index (Phi) is 7.78. The number of hydrogen-bond acceptors (Lipinski definition) is 5. The molecule has 16 heteroatoms. The minimum Gasteiger partial charge on any atom is -0.337 e. The number of piperidine rings is 1. The van der Waals surface area contributed by atoms with Gasteiger partial charge in [-0.15, -0.1) is 0 Å².